The molecule has 2 heterocycles. The molecule has 200 valence electrons. The number of rotatable bonds is 8. The zero-order valence-electron chi connectivity index (χ0n) is 22.0. The van der Waals surface area contributed by atoms with Crippen LogP contribution in [0.5, 0.6) is 5.75 Å². The minimum Gasteiger partial charge on any atom is -0.493 e. The van der Waals surface area contributed by atoms with E-state index in [9.17, 15) is 14.4 Å². The predicted octanol–water partition coefficient (Wildman–Crippen LogP) is 3.14. The molecule has 0 saturated carbocycles. The molecule has 36 heavy (non-hydrogen) atoms. The highest BCUT2D eigenvalue weighted by atomic mass is 16.6. The Labute approximate surface area is 213 Å². The molecule has 2 saturated heterocycles. The molecule has 2 aliphatic rings. The van der Waals surface area contributed by atoms with Gasteiger partial charge in [0.2, 0.25) is 0 Å². The van der Waals surface area contributed by atoms with Gasteiger partial charge in [0.15, 0.2) is 0 Å². The summed E-state index contributed by atoms with van der Waals surface area (Å²) in [6.07, 6.45) is 1.77. The third kappa shape index (κ3) is 8.67. The molecular formula is C26H40N4O6. The van der Waals surface area contributed by atoms with Crippen LogP contribution in [0.2, 0.25) is 0 Å². The van der Waals surface area contributed by atoms with E-state index in [1.165, 1.54) is 0 Å². The zero-order valence-corrected chi connectivity index (χ0v) is 22.0. The van der Waals surface area contributed by atoms with E-state index in [-0.39, 0.29) is 36.9 Å². The lowest BCUT2D eigenvalue weighted by molar-refractivity contribution is -0.164. The number of ether oxygens (including phenoxy) is 3. The van der Waals surface area contributed by atoms with Crippen molar-refractivity contribution in [2.75, 3.05) is 57.8 Å². The summed E-state index contributed by atoms with van der Waals surface area (Å²) < 4.78 is 16.0. The van der Waals surface area contributed by atoms with E-state index in [4.69, 9.17) is 14.2 Å². The summed E-state index contributed by atoms with van der Waals surface area (Å²) in [5.74, 6) is 0.204. The van der Waals surface area contributed by atoms with Crippen molar-refractivity contribution in [3.05, 3.63) is 24.3 Å². The van der Waals surface area contributed by atoms with Gasteiger partial charge in [0.25, 0.3) is 0 Å². The number of piperidine rings is 1. The quantitative estimate of drug-likeness (QED) is 0.539. The lowest BCUT2D eigenvalue weighted by Crippen LogP contribution is -2.57. The highest BCUT2D eigenvalue weighted by Crippen LogP contribution is 2.23. The first-order chi connectivity index (χ1) is 17.1. The number of hydrogen-bond acceptors (Lipinski definition) is 8. The van der Waals surface area contributed by atoms with Crippen molar-refractivity contribution in [2.24, 2.45) is 5.92 Å². The maximum Gasteiger partial charge on any atom is 0.321 e. The summed E-state index contributed by atoms with van der Waals surface area (Å²) in [4.78, 5) is 38.3. The molecule has 3 rings (SSSR count). The Balaban J connectivity index is 1.36. The number of anilines is 1. The molecule has 2 amide bonds. The van der Waals surface area contributed by atoms with Gasteiger partial charge in [0.05, 0.1) is 25.6 Å². The maximum atomic E-state index is 12.7. The van der Waals surface area contributed by atoms with Crippen molar-refractivity contribution in [1.82, 2.24) is 14.9 Å². The van der Waals surface area contributed by atoms with Crippen molar-refractivity contribution >= 4 is 23.7 Å². The molecule has 0 aliphatic carbocycles. The Morgan fingerprint density at radius 1 is 0.944 bits per heavy atom. The van der Waals surface area contributed by atoms with Gasteiger partial charge in [-0.1, -0.05) is 0 Å². The van der Waals surface area contributed by atoms with E-state index in [1.807, 2.05) is 25.7 Å². The molecule has 0 unspecified atom stereocenters. The van der Waals surface area contributed by atoms with Crippen molar-refractivity contribution in [1.29, 1.82) is 0 Å². The average Bonchev–Trinajstić information content (AvgIpc) is 2.84. The second-order valence-electron chi connectivity index (χ2n) is 10.1. The highest BCUT2D eigenvalue weighted by molar-refractivity contribution is 5.89. The zero-order chi connectivity index (χ0) is 26.1. The van der Waals surface area contributed by atoms with Crippen LogP contribution in [0.3, 0.4) is 0 Å². The molecule has 1 N–H and O–H groups in total. The number of carbonyl (C=O) groups excluding carboxylic acids is 3. The number of benzene rings is 1. The van der Waals surface area contributed by atoms with Gasteiger partial charge in [0, 0.05) is 45.0 Å². The predicted molar refractivity (Wildman–Crippen MR) is 135 cm³/mol. The third-order valence-electron chi connectivity index (χ3n) is 6.14. The lowest BCUT2D eigenvalue weighted by Gasteiger charge is -2.43. The van der Waals surface area contributed by atoms with E-state index < -0.39 is 5.60 Å². The second-order valence-corrected chi connectivity index (χ2v) is 10.1. The summed E-state index contributed by atoms with van der Waals surface area (Å²) in [6, 6.07) is 6.96. The summed E-state index contributed by atoms with van der Waals surface area (Å²) in [6.45, 7) is 12.5. The van der Waals surface area contributed by atoms with E-state index in [1.54, 1.807) is 31.2 Å². The van der Waals surface area contributed by atoms with Gasteiger partial charge in [-0.2, -0.15) is 0 Å². The normalized spacial score (nSPS) is 17.9. The van der Waals surface area contributed by atoms with E-state index in [2.05, 4.69) is 15.3 Å². The number of hydrazine groups is 1. The van der Waals surface area contributed by atoms with Crippen molar-refractivity contribution in [3.8, 4) is 5.75 Å². The maximum absolute atomic E-state index is 12.7. The van der Waals surface area contributed by atoms with Crippen LogP contribution in [0.25, 0.3) is 0 Å². The highest BCUT2D eigenvalue weighted by Gasteiger charge is 2.32. The van der Waals surface area contributed by atoms with Crippen LogP contribution in [0.1, 0.15) is 47.0 Å². The molecule has 1 aromatic rings. The van der Waals surface area contributed by atoms with Crippen LogP contribution in [0.4, 0.5) is 10.5 Å². The first-order valence-electron chi connectivity index (χ1n) is 12.8. The van der Waals surface area contributed by atoms with Gasteiger partial charge in [-0.3, -0.25) is 9.59 Å². The van der Waals surface area contributed by atoms with Crippen molar-refractivity contribution in [3.63, 3.8) is 0 Å². The molecule has 0 radical (unpaired) electrons. The fourth-order valence-electron chi connectivity index (χ4n) is 4.27. The van der Waals surface area contributed by atoms with Crippen LogP contribution in [0.15, 0.2) is 24.3 Å². The molecule has 10 nitrogen and oxygen atoms in total. The molecule has 0 spiro atoms. The Morgan fingerprint density at radius 2 is 1.56 bits per heavy atom. The van der Waals surface area contributed by atoms with Crippen LogP contribution in [-0.2, 0) is 19.1 Å². The minimum atomic E-state index is -0.452. The molecule has 10 heteroatoms. The fraction of sp³-hybridized carbons (Fsp3) is 0.654. The molecule has 0 aromatic heterocycles. The van der Waals surface area contributed by atoms with Crippen molar-refractivity contribution in [2.45, 2.75) is 52.6 Å². The SMILES string of the molecule is CCOC(=O)CCOc1ccc(NC(=O)N2CCN(N3CCC(C(=O)OC(C)(C)C)CC3)CC2)cc1. The lowest BCUT2D eigenvalue weighted by atomic mass is 9.97. The van der Waals surface area contributed by atoms with Crippen LogP contribution in [0, 0.1) is 5.92 Å². The molecule has 0 bridgehead atoms. The standard InChI is InChI=1S/C26H40N4O6/c1-5-34-23(31)12-19-35-22-8-6-21(7-9-22)27-25(33)28-15-17-30(18-16-28)29-13-10-20(11-14-29)24(32)36-26(2,3)4/h6-9,20H,5,10-19H2,1-4H3,(H,27,33). The van der Waals surface area contributed by atoms with E-state index in [0.717, 1.165) is 39.0 Å². The topological polar surface area (TPSA) is 101 Å². The number of carbonyl (C=O) groups is 3. The van der Waals surface area contributed by atoms with Crippen molar-refractivity contribution < 1.29 is 28.6 Å². The van der Waals surface area contributed by atoms with Gasteiger partial charge in [0.1, 0.15) is 11.4 Å². The first kappa shape index (κ1) is 27.7. The monoisotopic (exact) mass is 504 g/mol. The van der Waals surface area contributed by atoms with Crippen LogP contribution in [-0.4, -0.2) is 91.0 Å². The molecule has 2 fully saturated rings. The molecule has 2 aliphatic heterocycles. The number of piperazine rings is 1. The average molecular weight is 505 g/mol. The Hall–Kier alpha value is -2.85. The van der Waals surface area contributed by atoms with Gasteiger partial charge in [-0.15, -0.1) is 0 Å². The van der Waals surface area contributed by atoms with Gasteiger partial charge < -0.3 is 24.4 Å². The van der Waals surface area contributed by atoms with Crippen LogP contribution >= 0.6 is 0 Å². The van der Waals surface area contributed by atoms with E-state index >= 15 is 0 Å². The second kappa shape index (κ2) is 12.9. The third-order valence-corrected chi connectivity index (χ3v) is 6.14. The summed E-state index contributed by atoms with van der Waals surface area (Å²) in [5.41, 5.74) is 0.233. The first-order valence-corrected chi connectivity index (χ1v) is 12.8. The number of nitrogens with zero attached hydrogens (tertiary/aromatic N) is 3. The molecule has 1 aromatic carbocycles. The fourth-order valence-corrected chi connectivity index (χ4v) is 4.27. The molecular weight excluding hydrogens is 464 g/mol. The van der Waals surface area contributed by atoms with Crippen LogP contribution < -0.4 is 10.1 Å². The number of amides is 2. The number of nitrogens with one attached hydrogen (secondary N) is 1. The summed E-state index contributed by atoms with van der Waals surface area (Å²) >= 11 is 0. The van der Waals surface area contributed by atoms with Gasteiger partial charge >= 0.3 is 18.0 Å². The Morgan fingerprint density at radius 3 is 2.14 bits per heavy atom. The van der Waals surface area contributed by atoms with Gasteiger partial charge in [-0.05, 0) is 64.8 Å². The smallest absolute Gasteiger partial charge is 0.321 e. The number of hydrogen-bond donors (Lipinski definition) is 1. The number of esters is 2. The molecule has 0 atom stereocenters. The summed E-state index contributed by atoms with van der Waals surface area (Å²) in [7, 11) is 0. The Bertz CT molecular complexity index is 869. The van der Waals surface area contributed by atoms with E-state index in [0.29, 0.717) is 31.1 Å². The largest absolute Gasteiger partial charge is 0.493 e. The Kier molecular flexibility index (Phi) is 9.95. The summed E-state index contributed by atoms with van der Waals surface area (Å²) in [5, 5.41) is 7.53. The number of urea groups is 1. The minimum absolute atomic E-state index is 0.0399. The van der Waals surface area contributed by atoms with Gasteiger partial charge in [-0.25, -0.2) is 14.8 Å².